The maximum absolute atomic E-state index is 11.4. The lowest BCUT2D eigenvalue weighted by Gasteiger charge is -2.05. The SMILES string of the molecule is CCCCCCCCCCCCCCOC(=O)CCC(=O)OCO. The Morgan fingerprint density at radius 2 is 1.08 bits per heavy atom. The summed E-state index contributed by atoms with van der Waals surface area (Å²) in [6, 6.07) is 0. The van der Waals surface area contributed by atoms with Crippen molar-refractivity contribution in [3.05, 3.63) is 0 Å². The molecule has 24 heavy (non-hydrogen) atoms. The molecule has 0 rings (SSSR count). The molecule has 0 aliphatic rings. The van der Waals surface area contributed by atoms with Gasteiger partial charge in [0.05, 0.1) is 19.4 Å². The summed E-state index contributed by atoms with van der Waals surface area (Å²) in [5.74, 6) is -0.965. The molecular weight excluding hydrogens is 308 g/mol. The number of unbranched alkanes of at least 4 members (excludes halogenated alkanes) is 11. The van der Waals surface area contributed by atoms with E-state index in [1.54, 1.807) is 0 Å². The van der Waals surface area contributed by atoms with Crippen molar-refractivity contribution in [3.63, 3.8) is 0 Å². The van der Waals surface area contributed by atoms with E-state index in [9.17, 15) is 9.59 Å². The number of aliphatic hydroxyl groups is 1. The van der Waals surface area contributed by atoms with Gasteiger partial charge < -0.3 is 14.6 Å². The number of hydrogen-bond donors (Lipinski definition) is 1. The fourth-order valence-electron chi connectivity index (χ4n) is 2.55. The lowest BCUT2D eigenvalue weighted by atomic mass is 10.1. The molecule has 0 amide bonds. The molecule has 0 fully saturated rings. The number of rotatable bonds is 17. The third kappa shape index (κ3) is 17.3. The molecule has 0 aromatic carbocycles. The van der Waals surface area contributed by atoms with Crippen LogP contribution in [0.3, 0.4) is 0 Å². The minimum atomic E-state index is -0.646. The van der Waals surface area contributed by atoms with Crippen LogP contribution in [0.4, 0.5) is 0 Å². The number of carbonyl (C=O) groups excluding carboxylic acids is 2. The van der Waals surface area contributed by atoms with E-state index >= 15 is 0 Å². The quantitative estimate of drug-likeness (QED) is 0.239. The molecule has 0 saturated heterocycles. The summed E-state index contributed by atoms with van der Waals surface area (Å²) in [5, 5.41) is 8.38. The van der Waals surface area contributed by atoms with Crippen LogP contribution >= 0.6 is 0 Å². The minimum Gasteiger partial charge on any atom is -0.466 e. The van der Waals surface area contributed by atoms with Gasteiger partial charge in [-0.1, -0.05) is 77.6 Å². The first kappa shape index (κ1) is 22.9. The average molecular weight is 344 g/mol. The van der Waals surface area contributed by atoms with Crippen molar-refractivity contribution in [2.75, 3.05) is 13.4 Å². The van der Waals surface area contributed by atoms with E-state index in [4.69, 9.17) is 9.84 Å². The van der Waals surface area contributed by atoms with Crippen LogP contribution in [0.25, 0.3) is 0 Å². The Bertz CT molecular complexity index is 304. The van der Waals surface area contributed by atoms with E-state index in [2.05, 4.69) is 11.7 Å². The molecule has 0 aliphatic heterocycles. The second-order valence-corrected chi connectivity index (χ2v) is 6.26. The Morgan fingerprint density at radius 3 is 1.54 bits per heavy atom. The molecular formula is C19H36O5. The number of hydrogen-bond acceptors (Lipinski definition) is 5. The van der Waals surface area contributed by atoms with Gasteiger partial charge in [0.2, 0.25) is 0 Å². The Balaban J connectivity index is 3.19. The highest BCUT2D eigenvalue weighted by Gasteiger charge is 2.08. The molecule has 1 N–H and O–H groups in total. The van der Waals surface area contributed by atoms with E-state index in [1.165, 1.54) is 64.2 Å². The van der Waals surface area contributed by atoms with Crippen molar-refractivity contribution in [2.45, 2.75) is 96.8 Å². The molecule has 0 aromatic heterocycles. The molecule has 5 nitrogen and oxygen atoms in total. The normalized spacial score (nSPS) is 10.6. The smallest absolute Gasteiger partial charge is 0.308 e. The third-order valence-corrected chi connectivity index (χ3v) is 4.02. The molecule has 0 aromatic rings. The van der Waals surface area contributed by atoms with Crippen molar-refractivity contribution in [1.82, 2.24) is 0 Å². The lowest BCUT2D eigenvalue weighted by molar-refractivity contribution is -0.155. The maximum atomic E-state index is 11.4. The van der Waals surface area contributed by atoms with Crippen LogP contribution in [0.5, 0.6) is 0 Å². The fraction of sp³-hybridized carbons (Fsp3) is 0.895. The van der Waals surface area contributed by atoms with Gasteiger partial charge >= 0.3 is 11.9 Å². The van der Waals surface area contributed by atoms with Crippen molar-refractivity contribution in [3.8, 4) is 0 Å². The second kappa shape index (κ2) is 18.2. The van der Waals surface area contributed by atoms with Crippen molar-refractivity contribution in [2.24, 2.45) is 0 Å². The van der Waals surface area contributed by atoms with Gasteiger partial charge in [-0.15, -0.1) is 0 Å². The van der Waals surface area contributed by atoms with Gasteiger partial charge in [0.1, 0.15) is 0 Å². The van der Waals surface area contributed by atoms with Gasteiger partial charge in [0, 0.05) is 0 Å². The standard InChI is InChI=1S/C19H36O5/c1-2-3-4-5-6-7-8-9-10-11-12-13-16-23-18(21)14-15-19(22)24-17-20/h20H,2-17H2,1H3. The van der Waals surface area contributed by atoms with Crippen LogP contribution in [0.1, 0.15) is 96.8 Å². The summed E-state index contributed by atoms with van der Waals surface area (Å²) in [5.41, 5.74) is 0. The summed E-state index contributed by atoms with van der Waals surface area (Å²) in [6.45, 7) is 2.02. The molecule has 0 saturated carbocycles. The molecule has 0 bridgehead atoms. The van der Waals surface area contributed by atoms with Gasteiger partial charge in [-0.3, -0.25) is 9.59 Å². The first-order valence-corrected chi connectivity index (χ1v) is 9.62. The minimum absolute atomic E-state index is 0.0110. The van der Waals surface area contributed by atoms with Gasteiger partial charge in [0.15, 0.2) is 6.79 Å². The molecule has 5 heteroatoms. The first-order valence-electron chi connectivity index (χ1n) is 9.62. The van der Waals surface area contributed by atoms with Gasteiger partial charge in [0.25, 0.3) is 0 Å². The van der Waals surface area contributed by atoms with Crippen molar-refractivity contribution >= 4 is 11.9 Å². The van der Waals surface area contributed by atoms with E-state index in [1.807, 2.05) is 0 Å². The second-order valence-electron chi connectivity index (χ2n) is 6.26. The summed E-state index contributed by atoms with van der Waals surface area (Å²) in [7, 11) is 0. The zero-order chi connectivity index (χ0) is 17.9. The zero-order valence-electron chi connectivity index (χ0n) is 15.4. The molecule has 0 aliphatic carbocycles. The average Bonchev–Trinajstić information content (AvgIpc) is 2.57. The molecule has 0 radical (unpaired) electrons. The Hall–Kier alpha value is -1.10. The van der Waals surface area contributed by atoms with Gasteiger partial charge in [-0.2, -0.15) is 0 Å². The molecule has 0 atom stereocenters. The Morgan fingerprint density at radius 1 is 0.667 bits per heavy atom. The van der Waals surface area contributed by atoms with Crippen LogP contribution in [-0.4, -0.2) is 30.4 Å². The summed E-state index contributed by atoms with van der Waals surface area (Å²) in [6.07, 6.45) is 15.2. The van der Waals surface area contributed by atoms with Crippen LogP contribution in [0.15, 0.2) is 0 Å². The number of aliphatic hydroxyl groups excluding tert-OH is 1. The topological polar surface area (TPSA) is 72.8 Å². The highest BCUT2D eigenvalue weighted by atomic mass is 16.6. The molecule has 0 unspecified atom stereocenters. The van der Waals surface area contributed by atoms with Gasteiger partial charge in [-0.05, 0) is 6.42 Å². The predicted octanol–water partition coefficient (Wildman–Crippen LogP) is 4.50. The fourth-order valence-corrected chi connectivity index (χ4v) is 2.55. The largest absolute Gasteiger partial charge is 0.466 e. The van der Waals surface area contributed by atoms with Gasteiger partial charge in [-0.25, -0.2) is 0 Å². The lowest BCUT2D eigenvalue weighted by Crippen LogP contribution is -2.11. The maximum Gasteiger partial charge on any atom is 0.308 e. The number of carbonyl (C=O) groups is 2. The predicted molar refractivity (Wildman–Crippen MR) is 94.4 cm³/mol. The van der Waals surface area contributed by atoms with Crippen LogP contribution in [-0.2, 0) is 19.1 Å². The molecule has 0 heterocycles. The van der Waals surface area contributed by atoms with Crippen LogP contribution < -0.4 is 0 Å². The summed E-state index contributed by atoms with van der Waals surface area (Å²) in [4.78, 5) is 22.3. The van der Waals surface area contributed by atoms with Crippen molar-refractivity contribution in [1.29, 1.82) is 0 Å². The summed E-state index contributed by atoms with van der Waals surface area (Å²) < 4.78 is 9.38. The summed E-state index contributed by atoms with van der Waals surface area (Å²) >= 11 is 0. The van der Waals surface area contributed by atoms with Crippen LogP contribution in [0, 0.1) is 0 Å². The number of ether oxygens (including phenoxy) is 2. The Labute approximate surface area is 147 Å². The highest BCUT2D eigenvalue weighted by molar-refractivity contribution is 5.77. The molecule has 0 spiro atoms. The van der Waals surface area contributed by atoms with E-state index in [0.29, 0.717) is 6.61 Å². The van der Waals surface area contributed by atoms with E-state index in [0.717, 1.165) is 12.8 Å². The van der Waals surface area contributed by atoms with Crippen molar-refractivity contribution < 1.29 is 24.2 Å². The van der Waals surface area contributed by atoms with Crippen LogP contribution in [0.2, 0.25) is 0 Å². The molecule has 142 valence electrons. The number of esters is 2. The monoisotopic (exact) mass is 344 g/mol. The first-order chi connectivity index (χ1) is 11.7. The van der Waals surface area contributed by atoms with E-state index < -0.39 is 12.8 Å². The third-order valence-electron chi connectivity index (χ3n) is 4.02. The highest BCUT2D eigenvalue weighted by Crippen LogP contribution is 2.12. The zero-order valence-corrected chi connectivity index (χ0v) is 15.4. The van der Waals surface area contributed by atoms with E-state index in [-0.39, 0.29) is 18.8 Å². The Kier molecular flexibility index (Phi) is 17.4.